The second-order valence-corrected chi connectivity index (χ2v) is 5.37. The van der Waals surface area contributed by atoms with Gasteiger partial charge < -0.3 is 15.0 Å². The van der Waals surface area contributed by atoms with Gasteiger partial charge in [0.25, 0.3) is 0 Å². The first-order valence-electron chi connectivity index (χ1n) is 5.73. The number of rotatable bonds is 3. The molecule has 1 heterocycles. The fourth-order valence-electron chi connectivity index (χ4n) is 1.69. The summed E-state index contributed by atoms with van der Waals surface area (Å²) in [5.41, 5.74) is 0. The predicted octanol–water partition coefficient (Wildman–Crippen LogP) is 0.379. The number of ether oxygens (including phenoxy) is 1. The molecule has 2 amide bonds. The molecule has 2 atom stereocenters. The second kappa shape index (κ2) is 6.35. The van der Waals surface area contributed by atoms with Gasteiger partial charge in [-0.05, 0) is 5.92 Å². The summed E-state index contributed by atoms with van der Waals surface area (Å²) in [6.45, 7) is 5.14. The second-order valence-electron chi connectivity index (χ2n) is 4.38. The van der Waals surface area contributed by atoms with Crippen LogP contribution in [-0.4, -0.2) is 54.4 Å². The number of nitrogens with zero attached hydrogens (tertiary/aromatic N) is 1. The topological polar surface area (TPSA) is 58.6 Å². The van der Waals surface area contributed by atoms with Crippen molar-refractivity contribution in [3.05, 3.63) is 0 Å². The summed E-state index contributed by atoms with van der Waals surface area (Å²) < 4.78 is 5.26. The van der Waals surface area contributed by atoms with Crippen LogP contribution < -0.4 is 5.32 Å². The zero-order valence-electron chi connectivity index (χ0n) is 10.4. The van der Waals surface area contributed by atoms with Crippen LogP contribution in [0.25, 0.3) is 0 Å². The maximum absolute atomic E-state index is 12.2. The van der Waals surface area contributed by atoms with Gasteiger partial charge in [0, 0.05) is 13.6 Å². The summed E-state index contributed by atoms with van der Waals surface area (Å²) in [7, 11) is 1.56. The lowest BCUT2D eigenvalue weighted by molar-refractivity contribution is -0.148. The summed E-state index contributed by atoms with van der Waals surface area (Å²) in [5.74, 6) is -0.0333. The molecule has 5 nitrogen and oxygen atoms in total. The fraction of sp³-hybridized carbons (Fsp3) is 0.818. The number of carbonyl (C=O) groups is 2. The zero-order chi connectivity index (χ0) is 13.0. The highest BCUT2D eigenvalue weighted by Gasteiger charge is 2.35. The Hall–Kier alpha value is -0.620. The van der Waals surface area contributed by atoms with E-state index in [0.717, 1.165) is 0 Å². The van der Waals surface area contributed by atoms with E-state index < -0.39 is 6.04 Å². The van der Waals surface area contributed by atoms with E-state index in [-0.39, 0.29) is 29.2 Å². The van der Waals surface area contributed by atoms with Gasteiger partial charge in [0.15, 0.2) is 0 Å². The molecule has 1 fully saturated rings. The van der Waals surface area contributed by atoms with E-state index in [9.17, 15) is 9.59 Å². The van der Waals surface area contributed by atoms with Crippen LogP contribution in [0.15, 0.2) is 0 Å². The maximum atomic E-state index is 12.2. The molecule has 1 N–H and O–H groups in total. The van der Waals surface area contributed by atoms with Crippen LogP contribution in [0, 0.1) is 5.92 Å². The SMILES string of the molecule is CNC(=O)C1COCCN1C(=O)C(Br)C(C)C. The summed E-state index contributed by atoms with van der Waals surface area (Å²) in [6.07, 6.45) is 0. The number of halogens is 1. The quantitative estimate of drug-likeness (QED) is 0.767. The number of carbonyl (C=O) groups excluding carboxylic acids is 2. The monoisotopic (exact) mass is 306 g/mol. The minimum absolute atomic E-state index is 0.0445. The Kier molecular flexibility index (Phi) is 5.39. The molecule has 0 saturated carbocycles. The number of amides is 2. The van der Waals surface area contributed by atoms with Crippen LogP contribution in [0.3, 0.4) is 0 Å². The number of morpholine rings is 1. The molecule has 98 valence electrons. The molecule has 0 spiro atoms. The molecule has 6 heteroatoms. The Morgan fingerprint density at radius 2 is 2.12 bits per heavy atom. The van der Waals surface area contributed by atoms with E-state index in [1.807, 2.05) is 13.8 Å². The molecule has 0 aliphatic carbocycles. The first kappa shape index (κ1) is 14.4. The highest BCUT2D eigenvalue weighted by atomic mass is 79.9. The van der Waals surface area contributed by atoms with Crippen molar-refractivity contribution in [2.75, 3.05) is 26.8 Å². The molecule has 0 aromatic carbocycles. The van der Waals surface area contributed by atoms with E-state index in [0.29, 0.717) is 13.2 Å². The van der Waals surface area contributed by atoms with Gasteiger partial charge in [-0.3, -0.25) is 9.59 Å². The number of nitrogens with one attached hydrogen (secondary N) is 1. The third-order valence-electron chi connectivity index (χ3n) is 2.78. The van der Waals surface area contributed by atoms with Gasteiger partial charge in [0.05, 0.1) is 18.0 Å². The van der Waals surface area contributed by atoms with Crippen LogP contribution in [0.5, 0.6) is 0 Å². The molecule has 1 rings (SSSR count). The zero-order valence-corrected chi connectivity index (χ0v) is 12.0. The predicted molar refractivity (Wildman–Crippen MR) is 67.9 cm³/mol. The molecular formula is C11H19BrN2O3. The van der Waals surface area contributed by atoms with Crippen molar-refractivity contribution in [2.24, 2.45) is 5.92 Å². The van der Waals surface area contributed by atoms with Gasteiger partial charge in [-0.1, -0.05) is 29.8 Å². The molecule has 0 aromatic rings. The number of hydrogen-bond acceptors (Lipinski definition) is 3. The number of hydrogen-bond donors (Lipinski definition) is 1. The van der Waals surface area contributed by atoms with Crippen molar-refractivity contribution >= 4 is 27.7 Å². The number of likely N-dealkylation sites (N-methyl/N-ethyl adjacent to an activating group) is 1. The standard InChI is InChI=1S/C11H19BrN2O3/c1-7(2)9(12)11(16)14-4-5-17-6-8(14)10(15)13-3/h7-9H,4-6H2,1-3H3,(H,13,15). The Morgan fingerprint density at radius 3 is 2.65 bits per heavy atom. The van der Waals surface area contributed by atoms with Crippen LogP contribution >= 0.6 is 15.9 Å². The smallest absolute Gasteiger partial charge is 0.244 e. The van der Waals surface area contributed by atoms with E-state index >= 15 is 0 Å². The third kappa shape index (κ3) is 3.42. The van der Waals surface area contributed by atoms with Gasteiger partial charge in [-0.25, -0.2) is 0 Å². The van der Waals surface area contributed by atoms with Crippen molar-refractivity contribution in [2.45, 2.75) is 24.7 Å². The molecule has 1 aliphatic rings. The lowest BCUT2D eigenvalue weighted by atomic mass is 10.1. The van der Waals surface area contributed by atoms with E-state index in [1.165, 1.54) is 0 Å². The summed E-state index contributed by atoms with van der Waals surface area (Å²) in [4.78, 5) is 25.2. The minimum atomic E-state index is -0.514. The molecular weight excluding hydrogens is 288 g/mol. The van der Waals surface area contributed by atoms with Crippen molar-refractivity contribution in [1.29, 1.82) is 0 Å². The summed E-state index contributed by atoms with van der Waals surface area (Å²) >= 11 is 3.38. The Bertz CT molecular complexity index is 296. The maximum Gasteiger partial charge on any atom is 0.244 e. The summed E-state index contributed by atoms with van der Waals surface area (Å²) in [6, 6.07) is -0.514. The van der Waals surface area contributed by atoms with E-state index in [1.54, 1.807) is 11.9 Å². The molecule has 17 heavy (non-hydrogen) atoms. The first-order chi connectivity index (χ1) is 7.99. The Balaban J connectivity index is 2.77. The molecule has 0 aromatic heterocycles. The van der Waals surface area contributed by atoms with Gasteiger partial charge >= 0.3 is 0 Å². The van der Waals surface area contributed by atoms with E-state index in [4.69, 9.17) is 4.74 Å². The van der Waals surface area contributed by atoms with Gasteiger partial charge in [0.2, 0.25) is 11.8 Å². The van der Waals surface area contributed by atoms with Crippen LogP contribution in [0.1, 0.15) is 13.8 Å². The van der Waals surface area contributed by atoms with E-state index in [2.05, 4.69) is 21.2 Å². The van der Waals surface area contributed by atoms with Gasteiger partial charge in [-0.2, -0.15) is 0 Å². The van der Waals surface area contributed by atoms with Crippen molar-refractivity contribution in [3.63, 3.8) is 0 Å². The van der Waals surface area contributed by atoms with Crippen molar-refractivity contribution < 1.29 is 14.3 Å². The minimum Gasteiger partial charge on any atom is -0.377 e. The highest BCUT2D eigenvalue weighted by Crippen LogP contribution is 2.18. The number of alkyl halides is 1. The molecule has 0 radical (unpaired) electrons. The highest BCUT2D eigenvalue weighted by molar-refractivity contribution is 9.10. The Morgan fingerprint density at radius 1 is 1.47 bits per heavy atom. The Labute approximate surface area is 110 Å². The normalized spacial score (nSPS) is 22.4. The fourth-order valence-corrected chi connectivity index (χ4v) is 1.96. The molecule has 0 bridgehead atoms. The van der Waals surface area contributed by atoms with Gasteiger partial charge in [-0.15, -0.1) is 0 Å². The first-order valence-corrected chi connectivity index (χ1v) is 6.64. The molecule has 1 saturated heterocycles. The van der Waals surface area contributed by atoms with Gasteiger partial charge in [0.1, 0.15) is 6.04 Å². The van der Waals surface area contributed by atoms with Crippen LogP contribution in [0.4, 0.5) is 0 Å². The molecule has 1 aliphatic heterocycles. The summed E-state index contributed by atoms with van der Waals surface area (Å²) in [5, 5.41) is 2.56. The van der Waals surface area contributed by atoms with Crippen LogP contribution in [0.2, 0.25) is 0 Å². The van der Waals surface area contributed by atoms with Crippen molar-refractivity contribution in [3.8, 4) is 0 Å². The van der Waals surface area contributed by atoms with Crippen LogP contribution in [-0.2, 0) is 14.3 Å². The lowest BCUT2D eigenvalue weighted by Gasteiger charge is -2.36. The largest absolute Gasteiger partial charge is 0.377 e. The third-order valence-corrected chi connectivity index (χ3v) is 4.23. The lowest BCUT2D eigenvalue weighted by Crippen LogP contribution is -2.57. The van der Waals surface area contributed by atoms with Crippen molar-refractivity contribution in [1.82, 2.24) is 10.2 Å². The average molecular weight is 307 g/mol. The molecule has 2 unspecified atom stereocenters. The average Bonchev–Trinajstić information content (AvgIpc) is 2.35.